The average Bonchev–Trinajstić information content (AvgIpc) is 4.16. The fraction of sp³-hybridized carbons (Fsp3) is 0.333. The highest BCUT2D eigenvalue weighted by atomic mass is 19.4. The Kier molecular flexibility index (Phi) is 12.6. The van der Waals surface area contributed by atoms with Gasteiger partial charge >= 0.3 is 12.4 Å². The molecule has 0 saturated carbocycles. The first-order chi connectivity index (χ1) is 32.7. The van der Waals surface area contributed by atoms with Crippen LogP contribution < -0.4 is 9.47 Å². The molecule has 0 amide bonds. The molecule has 8 aromatic rings. The van der Waals surface area contributed by atoms with E-state index in [1.807, 2.05) is 59.6 Å². The first-order valence-corrected chi connectivity index (χ1v) is 22.0. The third kappa shape index (κ3) is 9.57. The number of halogens is 6. The number of imidazole rings is 2. The number of nitrogens with zero attached hydrogens (tertiary/aromatic N) is 12. The van der Waals surface area contributed by atoms with Crippen LogP contribution in [0.15, 0.2) is 97.8 Å². The van der Waals surface area contributed by atoms with Crippen molar-refractivity contribution in [3.63, 3.8) is 0 Å². The Bertz CT molecular complexity index is 2860. The summed E-state index contributed by atoms with van der Waals surface area (Å²) in [5.74, 6) is 2.72. The summed E-state index contributed by atoms with van der Waals surface area (Å²) < 4.78 is 99.2. The third-order valence-electron chi connectivity index (χ3n) is 12.1. The van der Waals surface area contributed by atoms with E-state index in [4.69, 9.17) is 19.4 Å². The summed E-state index contributed by atoms with van der Waals surface area (Å²) in [4.78, 5) is 27.1. The van der Waals surface area contributed by atoms with Gasteiger partial charge in [-0.05, 0) is 99.9 Å². The number of aromatic nitrogens is 12. The van der Waals surface area contributed by atoms with Gasteiger partial charge in [-0.25, -0.2) is 39.3 Å². The second kappa shape index (κ2) is 18.7. The Morgan fingerprint density at radius 1 is 0.559 bits per heavy atom. The van der Waals surface area contributed by atoms with Crippen molar-refractivity contribution in [3.8, 4) is 46.2 Å². The highest BCUT2D eigenvalue weighted by Crippen LogP contribution is 2.39. The van der Waals surface area contributed by atoms with Crippen molar-refractivity contribution >= 4 is 0 Å². The maximum atomic E-state index is 13.5. The number of pyridine rings is 2. The zero-order chi connectivity index (χ0) is 47.7. The number of rotatable bonds is 10. The number of alkyl halides is 6. The Morgan fingerprint density at radius 2 is 0.971 bits per heavy atom. The van der Waals surface area contributed by atoms with Gasteiger partial charge in [0, 0.05) is 37.3 Å². The van der Waals surface area contributed by atoms with Gasteiger partial charge < -0.3 is 18.6 Å². The van der Waals surface area contributed by atoms with Crippen molar-refractivity contribution in [2.45, 2.75) is 89.7 Å². The minimum Gasteiger partial charge on any atom is -0.479 e. The van der Waals surface area contributed by atoms with Crippen LogP contribution in [0.1, 0.15) is 82.8 Å². The normalized spacial score (nSPS) is 15.9. The van der Waals surface area contributed by atoms with E-state index in [1.54, 1.807) is 60.5 Å². The van der Waals surface area contributed by atoms with E-state index < -0.39 is 23.5 Å². The van der Waals surface area contributed by atoms with Crippen molar-refractivity contribution in [3.05, 3.63) is 143 Å². The van der Waals surface area contributed by atoms with Gasteiger partial charge in [0.05, 0.1) is 49.4 Å². The van der Waals surface area contributed by atoms with Crippen molar-refractivity contribution in [2.75, 3.05) is 14.2 Å². The third-order valence-corrected chi connectivity index (χ3v) is 12.1. The molecule has 0 radical (unpaired) electrons. The molecule has 0 spiro atoms. The van der Waals surface area contributed by atoms with Crippen LogP contribution in [0.25, 0.3) is 34.4 Å². The smallest absolute Gasteiger partial charge is 0.416 e. The maximum Gasteiger partial charge on any atom is 0.416 e. The van der Waals surface area contributed by atoms with Crippen molar-refractivity contribution < 1.29 is 35.8 Å². The molecule has 2 aliphatic rings. The monoisotopic (exact) mass is 936 g/mol. The summed E-state index contributed by atoms with van der Waals surface area (Å²) in [6.07, 6.45) is 1.99. The zero-order valence-electron chi connectivity index (χ0n) is 37.5. The highest BCUT2D eigenvalue weighted by molar-refractivity contribution is 5.57. The first-order valence-electron chi connectivity index (χ1n) is 22.0. The van der Waals surface area contributed by atoms with Gasteiger partial charge in [-0.3, -0.25) is 0 Å². The molecule has 8 heterocycles. The van der Waals surface area contributed by atoms with E-state index in [1.165, 1.54) is 12.1 Å². The molecule has 10 rings (SSSR count). The molecule has 14 nitrogen and oxygen atoms in total. The molecule has 20 heteroatoms. The van der Waals surface area contributed by atoms with Gasteiger partial charge in [0.25, 0.3) is 0 Å². The fourth-order valence-corrected chi connectivity index (χ4v) is 8.87. The van der Waals surface area contributed by atoms with Crippen LogP contribution in [0.5, 0.6) is 11.8 Å². The van der Waals surface area contributed by atoms with Gasteiger partial charge in [0.2, 0.25) is 11.8 Å². The number of aryl methyl sites for hydroxylation is 4. The largest absolute Gasteiger partial charge is 0.479 e. The maximum absolute atomic E-state index is 13.5. The molecule has 0 aliphatic carbocycles. The van der Waals surface area contributed by atoms with E-state index >= 15 is 0 Å². The Morgan fingerprint density at radius 3 is 1.34 bits per heavy atom. The van der Waals surface area contributed by atoms with Crippen LogP contribution in [-0.2, 0) is 38.3 Å². The van der Waals surface area contributed by atoms with Gasteiger partial charge in [-0.15, -0.1) is 10.2 Å². The highest BCUT2D eigenvalue weighted by Gasteiger charge is 2.36. The fourth-order valence-electron chi connectivity index (χ4n) is 8.87. The molecular weight excluding hydrogens is 891 g/mol. The Balaban J connectivity index is 0.000000170. The molecule has 0 unspecified atom stereocenters. The van der Waals surface area contributed by atoms with Gasteiger partial charge in [-0.1, -0.05) is 36.4 Å². The Hall–Kier alpha value is -7.38. The van der Waals surface area contributed by atoms with Crippen LogP contribution in [0, 0.1) is 13.8 Å². The molecule has 352 valence electrons. The predicted molar refractivity (Wildman–Crippen MR) is 238 cm³/mol. The predicted octanol–water partition coefficient (Wildman–Crippen LogP) is 9.96. The number of ether oxygens (including phenoxy) is 2. The molecule has 2 aromatic carbocycles. The summed E-state index contributed by atoms with van der Waals surface area (Å²) in [6.45, 7) is 5.13. The first kappa shape index (κ1) is 45.8. The molecule has 0 bridgehead atoms. The van der Waals surface area contributed by atoms with Gasteiger partial charge in [0.1, 0.15) is 34.4 Å². The lowest BCUT2D eigenvalue weighted by Crippen LogP contribution is -2.20. The lowest BCUT2D eigenvalue weighted by atomic mass is 9.89. The zero-order valence-corrected chi connectivity index (χ0v) is 37.5. The molecule has 68 heavy (non-hydrogen) atoms. The SMILES string of the molecule is COc1nc(-c2nc3n(n2)CCC[C@@H]3Cc2ccccc2C(F)(F)F)ccc1-n1cnc(C)c1.COc1nc(-c2nc3n(n2)CCC[C@H]3Cc2ccccc2C(F)(F)F)ccc1-n1cnc(C)c1. The van der Waals surface area contributed by atoms with Crippen molar-refractivity contribution in [2.24, 2.45) is 0 Å². The minimum absolute atomic E-state index is 0.159. The summed E-state index contributed by atoms with van der Waals surface area (Å²) in [7, 11) is 3.08. The molecule has 0 saturated heterocycles. The van der Waals surface area contributed by atoms with Crippen LogP contribution >= 0.6 is 0 Å². The van der Waals surface area contributed by atoms with Crippen molar-refractivity contribution in [1.82, 2.24) is 58.6 Å². The van der Waals surface area contributed by atoms with Crippen molar-refractivity contribution in [1.29, 1.82) is 0 Å². The van der Waals surface area contributed by atoms with Gasteiger partial charge in [0.15, 0.2) is 11.6 Å². The van der Waals surface area contributed by atoms with Crippen LogP contribution in [0.4, 0.5) is 26.3 Å². The van der Waals surface area contributed by atoms with E-state index in [0.29, 0.717) is 59.5 Å². The lowest BCUT2D eigenvalue weighted by Gasteiger charge is -2.23. The van der Waals surface area contributed by atoms with Crippen LogP contribution in [0.3, 0.4) is 0 Å². The Labute approximate surface area is 386 Å². The van der Waals surface area contributed by atoms with E-state index in [2.05, 4.69) is 30.1 Å². The summed E-state index contributed by atoms with van der Waals surface area (Å²) >= 11 is 0. The number of hydrogen-bond acceptors (Lipinski definition) is 10. The van der Waals surface area contributed by atoms with Crippen LogP contribution in [-0.4, -0.2) is 72.8 Å². The van der Waals surface area contributed by atoms with E-state index in [-0.39, 0.29) is 35.8 Å². The number of hydrogen-bond donors (Lipinski definition) is 0. The molecule has 0 fully saturated rings. The second-order valence-corrected chi connectivity index (χ2v) is 16.7. The standard InChI is InChI=1S/2C24H23F3N6O/c2*1-15-13-32(14-28-15)20-10-9-19(29-23(20)34-2)21-30-22-17(7-5-11-33(22)31-21)12-16-6-3-4-8-18(16)24(25,26)27/h2*3-4,6,8-10,13-14,17H,5,7,11-12H2,1-2H3/t2*17-/m10/s1. The number of benzene rings is 2. The molecule has 6 aromatic heterocycles. The minimum atomic E-state index is -4.39. The average molecular weight is 937 g/mol. The number of methoxy groups -OCH3 is 2. The van der Waals surface area contributed by atoms with Gasteiger partial charge in [-0.2, -0.15) is 26.3 Å². The second-order valence-electron chi connectivity index (χ2n) is 16.7. The topological polar surface area (TPSA) is 141 Å². The summed E-state index contributed by atoms with van der Waals surface area (Å²) in [6, 6.07) is 18.8. The summed E-state index contributed by atoms with van der Waals surface area (Å²) in [5.41, 5.74) is 3.64. The molecule has 2 atom stereocenters. The summed E-state index contributed by atoms with van der Waals surface area (Å²) in [5, 5.41) is 9.22. The molecule has 0 N–H and O–H groups in total. The molecule has 2 aliphatic heterocycles. The van der Waals surface area contributed by atoms with E-state index in [9.17, 15) is 26.3 Å². The lowest BCUT2D eigenvalue weighted by molar-refractivity contribution is -0.139. The number of fused-ring (bicyclic) bond motifs is 2. The van der Waals surface area contributed by atoms with E-state index in [0.717, 1.165) is 60.6 Å². The molecular formula is C48H46F6N12O2. The van der Waals surface area contributed by atoms with Crippen LogP contribution in [0.2, 0.25) is 0 Å². The quantitative estimate of drug-likeness (QED) is 0.122.